The third-order valence-electron chi connectivity index (χ3n) is 6.22. The zero-order valence-corrected chi connectivity index (χ0v) is 18.4. The number of hydrogen-bond donors (Lipinski definition) is 2. The Morgan fingerprint density at radius 2 is 1.71 bits per heavy atom. The number of hydrogen-bond acceptors (Lipinski definition) is 4. The first-order chi connectivity index (χ1) is 14.9. The van der Waals surface area contributed by atoms with Crippen LogP contribution in [0.2, 0.25) is 0 Å². The molecule has 0 radical (unpaired) electrons. The maximum Gasteiger partial charge on any atom is 0.251 e. The minimum absolute atomic E-state index is 0.00940. The summed E-state index contributed by atoms with van der Waals surface area (Å²) in [4.78, 5) is 26.0. The quantitative estimate of drug-likeness (QED) is 0.732. The molecule has 0 unspecified atom stereocenters. The molecule has 1 fully saturated rings. The van der Waals surface area contributed by atoms with Gasteiger partial charge in [0.15, 0.2) is 11.5 Å². The van der Waals surface area contributed by atoms with Crippen molar-refractivity contribution in [2.24, 2.45) is 0 Å². The Morgan fingerprint density at radius 3 is 2.42 bits per heavy atom. The molecule has 0 atom stereocenters. The summed E-state index contributed by atoms with van der Waals surface area (Å²) in [5.74, 6) is 1.31. The molecule has 1 saturated carbocycles. The minimum atomic E-state index is -0.596. The number of rotatable bonds is 5. The highest BCUT2D eigenvalue weighted by Crippen LogP contribution is 2.44. The molecule has 1 aliphatic carbocycles. The van der Waals surface area contributed by atoms with Gasteiger partial charge in [-0.1, -0.05) is 25.3 Å². The predicted octanol–water partition coefficient (Wildman–Crippen LogP) is 4.70. The Kier molecular flexibility index (Phi) is 5.90. The second-order valence-electron chi connectivity index (χ2n) is 8.82. The maximum absolute atomic E-state index is 13.6. The average Bonchev–Trinajstić information content (AvgIpc) is 3.21. The number of anilines is 1. The summed E-state index contributed by atoms with van der Waals surface area (Å²) in [5, 5.41) is 6.04. The van der Waals surface area contributed by atoms with Gasteiger partial charge in [0.2, 0.25) is 12.7 Å². The summed E-state index contributed by atoms with van der Waals surface area (Å²) in [5.41, 5.74) is 2.53. The van der Waals surface area contributed by atoms with E-state index < -0.39 is 5.41 Å². The van der Waals surface area contributed by atoms with Crippen LogP contribution in [0.25, 0.3) is 0 Å². The maximum atomic E-state index is 13.6. The zero-order valence-electron chi connectivity index (χ0n) is 18.4. The van der Waals surface area contributed by atoms with E-state index in [2.05, 4.69) is 10.6 Å². The van der Waals surface area contributed by atoms with Crippen molar-refractivity contribution < 1.29 is 19.1 Å². The molecule has 0 spiro atoms. The molecule has 1 heterocycles. The van der Waals surface area contributed by atoms with Crippen LogP contribution < -0.4 is 20.1 Å². The van der Waals surface area contributed by atoms with Gasteiger partial charge in [0.1, 0.15) is 0 Å². The zero-order chi connectivity index (χ0) is 22.0. The van der Waals surface area contributed by atoms with Gasteiger partial charge in [0.25, 0.3) is 5.91 Å². The van der Waals surface area contributed by atoms with E-state index >= 15 is 0 Å². The van der Waals surface area contributed by atoms with E-state index in [1.807, 2.05) is 45.0 Å². The van der Waals surface area contributed by atoms with Crippen molar-refractivity contribution in [2.45, 2.75) is 64.3 Å². The third-order valence-corrected chi connectivity index (χ3v) is 6.22. The van der Waals surface area contributed by atoms with Crippen molar-refractivity contribution in [1.29, 1.82) is 0 Å². The number of aryl methyl sites for hydroxylation is 1. The molecule has 2 N–H and O–H groups in total. The number of carbonyl (C=O) groups excluding carboxylic acids is 2. The van der Waals surface area contributed by atoms with E-state index in [1.54, 1.807) is 12.1 Å². The van der Waals surface area contributed by atoms with Crippen molar-refractivity contribution in [2.75, 3.05) is 12.1 Å². The van der Waals surface area contributed by atoms with Gasteiger partial charge in [-0.3, -0.25) is 9.59 Å². The van der Waals surface area contributed by atoms with E-state index in [0.29, 0.717) is 17.0 Å². The standard InChI is InChI=1S/C25H30N2O4/c1-16(2)26-23(28)20-9-8-19(13-17(20)3)27-24(29)25(11-5-4-6-12-25)18-7-10-21-22(14-18)31-15-30-21/h7-10,13-14,16H,4-6,11-12,15H2,1-3H3,(H,26,28)(H,27,29). The summed E-state index contributed by atoms with van der Waals surface area (Å²) in [6.07, 6.45) is 4.75. The topological polar surface area (TPSA) is 76.7 Å². The molecule has 2 amide bonds. The van der Waals surface area contributed by atoms with Crippen molar-refractivity contribution >= 4 is 17.5 Å². The van der Waals surface area contributed by atoms with Crippen LogP contribution in [0.15, 0.2) is 36.4 Å². The lowest BCUT2D eigenvalue weighted by Gasteiger charge is -2.36. The fraction of sp³-hybridized carbons (Fsp3) is 0.440. The van der Waals surface area contributed by atoms with Gasteiger partial charge >= 0.3 is 0 Å². The number of amides is 2. The summed E-state index contributed by atoms with van der Waals surface area (Å²) in [7, 11) is 0. The van der Waals surface area contributed by atoms with Crippen LogP contribution in [-0.4, -0.2) is 24.6 Å². The fourth-order valence-electron chi connectivity index (χ4n) is 4.58. The van der Waals surface area contributed by atoms with Crippen LogP contribution >= 0.6 is 0 Å². The number of fused-ring (bicyclic) bond motifs is 1. The molecular weight excluding hydrogens is 392 g/mol. The largest absolute Gasteiger partial charge is 0.454 e. The van der Waals surface area contributed by atoms with Crippen LogP contribution in [0.4, 0.5) is 5.69 Å². The molecule has 31 heavy (non-hydrogen) atoms. The SMILES string of the molecule is Cc1cc(NC(=O)C2(c3ccc4c(c3)OCO4)CCCCC2)ccc1C(=O)NC(C)C. The number of ether oxygens (including phenoxy) is 2. The van der Waals surface area contributed by atoms with Gasteiger partial charge in [0, 0.05) is 17.3 Å². The van der Waals surface area contributed by atoms with Crippen LogP contribution in [0, 0.1) is 6.92 Å². The molecular formula is C25H30N2O4. The normalized spacial score (nSPS) is 16.8. The Bertz CT molecular complexity index is 993. The average molecular weight is 423 g/mol. The van der Waals surface area contributed by atoms with Crippen LogP contribution in [0.1, 0.15) is 67.4 Å². The molecule has 0 aromatic heterocycles. The molecule has 1 aliphatic heterocycles. The van der Waals surface area contributed by atoms with Gasteiger partial charge in [-0.05, 0) is 75.1 Å². The highest BCUT2D eigenvalue weighted by molar-refractivity contribution is 6.01. The number of carbonyl (C=O) groups is 2. The Morgan fingerprint density at radius 1 is 0.968 bits per heavy atom. The van der Waals surface area contributed by atoms with Gasteiger partial charge in [-0.25, -0.2) is 0 Å². The van der Waals surface area contributed by atoms with Gasteiger partial charge in [-0.15, -0.1) is 0 Å². The molecule has 164 valence electrons. The number of benzene rings is 2. The van der Waals surface area contributed by atoms with E-state index in [0.717, 1.165) is 49.0 Å². The Hall–Kier alpha value is -3.02. The fourth-order valence-corrected chi connectivity index (χ4v) is 4.58. The molecule has 2 aromatic carbocycles. The predicted molar refractivity (Wildman–Crippen MR) is 120 cm³/mol. The van der Waals surface area contributed by atoms with Gasteiger partial charge < -0.3 is 20.1 Å². The van der Waals surface area contributed by atoms with Gasteiger partial charge in [0.05, 0.1) is 5.41 Å². The lowest BCUT2D eigenvalue weighted by atomic mass is 9.68. The second kappa shape index (κ2) is 8.61. The van der Waals surface area contributed by atoms with Crippen LogP contribution in [0.3, 0.4) is 0 Å². The second-order valence-corrected chi connectivity index (χ2v) is 8.82. The van der Waals surface area contributed by atoms with E-state index in [9.17, 15) is 9.59 Å². The van der Waals surface area contributed by atoms with E-state index in [1.165, 1.54) is 0 Å². The van der Waals surface area contributed by atoms with Crippen molar-refractivity contribution in [3.63, 3.8) is 0 Å². The summed E-state index contributed by atoms with van der Waals surface area (Å²) < 4.78 is 11.0. The van der Waals surface area contributed by atoms with Crippen molar-refractivity contribution in [1.82, 2.24) is 5.32 Å². The highest BCUT2D eigenvalue weighted by Gasteiger charge is 2.42. The monoisotopic (exact) mass is 422 g/mol. The molecule has 0 bridgehead atoms. The first-order valence-corrected chi connectivity index (χ1v) is 11.0. The molecule has 2 aromatic rings. The molecule has 2 aliphatic rings. The lowest BCUT2D eigenvalue weighted by molar-refractivity contribution is -0.122. The number of nitrogens with one attached hydrogen (secondary N) is 2. The molecule has 0 saturated heterocycles. The van der Waals surface area contributed by atoms with Crippen molar-refractivity contribution in [3.05, 3.63) is 53.1 Å². The van der Waals surface area contributed by atoms with Crippen LogP contribution in [-0.2, 0) is 10.2 Å². The van der Waals surface area contributed by atoms with Crippen molar-refractivity contribution in [3.8, 4) is 11.5 Å². The summed E-state index contributed by atoms with van der Waals surface area (Å²) in [6, 6.07) is 11.4. The summed E-state index contributed by atoms with van der Waals surface area (Å²) in [6.45, 7) is 5.97. The van der Waals surface area contributed by atoms with Crippen LogP contribution in [0.5, 0.6) is 11.5 Å². The van der Waals surface area contributed by atoms with E-state index in [-0.39, 0.29) is 24.6 Å². The molecule has 6 nitrogen and oxygen atoms in total. The summed E-state index contributed by atoms with van der Waals surface area (Å²) >= 11 is 0. The highest BCUT2D eigenvalue weighted by atomic mass is 16.7. The lowest BCUT2D eigenvalue weighted by Crippen LogP contribution is -2.42. The first kappa shape index (κ1) is 21.2. The Labute approximate surface area is 183 Å². The minimum Gasteiger partial charge on any atom is -0.454 e. The third kappa shape index (κ3) is 4.24. The van der Waals surface area contributed by atoms with E-state index in [4.69, 9.17) is 9.47 Å². The molecule has 6 heteroatoms. The smallest absolute Gasteiger partial charge is 0.251 e. The molecule has 4 rings (SSSR count). The Balaban J connectivity index is 1.59. The first-order valence-electron chi connectivity index (χ1n) is 11.0. The van der Waals surface area contributed by atoms with Gasteiger partial charge in [-0.2, -0.15) is 0 Å².